The van der Waals surface area contributed by atoms with E-state index in [1.807, 2.05) is 26.0 Å². The monoisotopic (exact) mass is 485 g/mol. The molecule has 3 aromatic carbocycles. The van der Waals surface area contributed by atoms with Gasteiger partial charge >= 0.3 is 0 Å². The molecule has 5 rings (SSSR count). The molecule has 2 aliphatic rings. The Labute approximate surface area is 214 Å². The fraction of sp³-hybridized carbons (Fsp3) is 0.438. The minimum Gasteiger partial charge on any atom is -0.508 e. The van der Waals surface area contributed by atoms with Crippen LogP contribution in [-0.2, 0) is 0 Å². The van der Waals surface area contributed by atoms with E-state index in [0.717, 1.165) is 84.7 Å². The molecule has 189 valence electrons. The van der Waals surface area contributed by atoms with Crippen LogP contribution in [-0.4, -0.2) is 20.4 Å². The first kappa shape index (κ1) is 24.5. The average molecular weight is 486 g/mol. The lowest BCUT2D eigenvalue weighted by molar-refractivity contribution is 0.406. The first-order chi connectivity index (χ1) is 17.3. The van der Waals surface area contributed by atoms with Crippen LogP contribution in [0.15, 0.2) is 30.3 Å². The van der Waals surface area contributed by atoms with Crippen molar-refractivity contribution in [3.63, 3.8) is 0 Å². The Hall–Kier alpha value is -3.14. The average Bonchev–Trinajstić information content (AvgIpc) is 2.88. The number of phenols is 4. The molecule has 0 bridgehead atoms. The molecule has 4 heteroatoms. The van der Waals surface area contributed by atoms with Crippen molar-refractivity contribution in [2.24, 2.45) is 0 Å². The van der Waals surface area contributed by atoms with Gasteiger partial charge in [0, 0.05) is 11.1 Å². The lowest BCUT2D eigenvalue weighted by atomic mass is 9.81. The van der Waals surface area contributed by atoms with E-state index in [9.17, 15) is 20.4 Å². The van der Waals surface area contributed by atoms with Crippen LogP contribution in [0.25, 0.3) is 22.3 Å². The van der Waals surface area contributed by atoms with Crippen LogP contribution in [0, 0.1) is 19.9 Å². The largest absolute Gasteiger partial charge is 0.508 e. The molecule has 2 saturated carbocycles. The summed E-state index contributed by atoms with van der Waals surface area (Å²) in [4.78, 5) is 0. The highest BCUT2D eigenvalue weighted by atomic mass is 16.3. The summed E-state index contributed by atoms with van der Waals surface area (Å²) in [6.07, 6.45) is 11.3. The maximum absolute atomic E-state index is 11.2. The van der Waals surface area contributed by atoms with Crippen molar-refractivity contribution in [1.29, 1.82) is 0 Å². The van der Waals surface area contributed by atoms with Crippen LogP contribution in [0.4, 0.5) is 0 Å². The number of hydrogen-bond acceptors (Lipinski definition) is 4. The van der Waals surface area contributed by atoms with Crippen LogP contribution in [0.5, 0.6) is 23.0 Å². The Balaban J connectivity index is 1.56. The SMILES string of the molecule is Cc1cc(O)c(C2CCCCC2)cc1-c1[c]cc(-c2cc(C3CCCCC3)c(O)cc2C)c(O)c1O. The molecule has 0 aromatic heterocycles. The molecule has 0 saturated heterocycles. The van der Waals surface area contributed by atoms with Crippen LogP contribution in [0.1, 0.15) is 98.3 Å². The second-order valence-corrected chi connectivity index (χ2v) is 10.9. The van der Waals surface area contributed by atoms with E-state index in [2.05, 4.69) is 6.07 Å². The molecule has 0 amide bonds. The summed E-state index contributed by atoms with van der Waals surface area (Å²) in [5, 5.41) is 43.7. The Morgan fingerprint density at radius 1 is 0.583 bits per heavy atom. The normalized spacial score (nSPS) is 17.4. The van der Waals surface area contributed by atoms with Gasteiger partial charge in [-0.05, 0) is 121 Å². The van der Waals surface area contributed by atoms with Crippen LogP contribution < -0.4 is 0 Å². The third-order valence-corrected chi connectivity index (χ3v) is 8.47. The Kier molecular flexibility index (Phi) is 6.87. The summed E-state index contributed by atoms with van der Waals surface area (Å²) in [5.74, 6) is 0.850. The van der Waals surface area contributed by atoms with Gasteiger partial charge in [0.15, 0.2) is 11.5 Å². The molecular weight excluding hydrogens is 448 g/mol. The van der Waals surface area contributed by atoms with Gasteiger partial charge in [-0.2, -0.15) is 0 Å². The third-order valence-electron chi connectivity index (χ3n) is 8.47. The second-order valence-electron chi connectivity index (χ2n) is 10.9. The van der Waals surface area contributed by atoms with Crippen LogP contribution >= 0.6 is 0 Å². The molecule has 36 heavy (non-hydrogen) atoms. The van der Waals surface area contributed by atoms with Gasteiger partial charge in [-0.15, -0.1) is 0 Å². The van der Waals surface area contributed by atoms with Crippen molar-refractivity contribution in [2.75, 3.05) is 0 Å². The van der Waals surface area contributed by atoms with E-state index in [4.69, 9.17) is 0 Å². The number of rotatable bonds is 4. The van der Waals surface area contributed by atoms with Gasteiger partial charge in [0.05, 0.1) is 0 Å². The van der Waals surface area contributed by atoms with Crippen molar-refractivity contribution in [3.8, 4) is 45.3 Å². The maximum Gasteiger partial charge on any atom is 0.166 e. The number of benzene rings is 3. The molecule has 2 fully saturated rings. The standard InChI is InChI=1S/C32H37O4/c1-19-15-29(33)27(21-9-5-3-6-10-21)17-25(19)23-13-14-24(32(36)31(23)35)26-18-28(30(34)16-20(26)2)22-11-7-4-8-12-22/h13,15-18,21-22,33-36H,3-12H2,1-2H3. The van der Waals surface area contributed by atoms with Gasteiger partial charge in [-0.3, -0.25) is 0 Å². The number of aromatic hydroxyl groups is 4. The summed E-state index contributed by atoms with van der Waals surface area (Å²) >= 11 is 0. The molecule has 1 radical (unpaired) electrons. The fourth-order valence-corrected chi connectivity index (χ4v) is 6.40. The predicted octanol–water partition coefficient (Wildman–Crippen LogP) is 8.36. The summed E-state index contributed by atoms with van der Waals surface area (Å²) < 4.78 is 0. The van der Waals surface area contributed by atoms with Gasteiger partial charge in [0.2, 0.25) is 0 Å². The highest BCUT2D eigenvalue weighted by molar-refractivity contribution is 5.85. The second kappa shape index (κ2) is 10.1. The van der Waals surface area contributed by atoms with E-state index < -0.39 is 0 Å². The summed E-state index contributed by atoms with van der Waals surface area (Å²) in [7, 11) is 0. The Bertz CT molecular complexity index is 1170. The molecule has 0 spiro atoms. The van der Waals surface area contributed by atoms with Gasteiger partial charge in [0.25, 0.3) is 0 Å². The molecular formula is C32H37O4. The lowest BCUT2D eigenvalue weighted by Gasteiger charge is -2.25. The van der Waals surface area contributed by atoms with Crippen molar-refractivity contribution >= 4 is 0 Å². The van der Waals surface area contributed by atoms with E-state index in [-0.39, 0.29) is 11.5 Å². The predicted molar refractivity (Wildman–Crippen MR) is 144 cm³/mol. The van der Waals surface area contributed by atoms with Crippen LogP contribution in [0.2, 0.25) is 0 Å². The van der Waals surface area contributed by atoms with Crippen molar-refractivity contribution < 1.29 is 20.4 Å². The zero-order valence-electron chi connectivity index (χ0n) is 21.4. The smallest absolute Gasteiger partial charge is 0.166 e. The number of aryl methyl sites for hydroxylation is 2. The summed E-state index contributed by atoms with van der Waals surface area (Å²) in [6, 6.07) is 12.5. The molecule has 0 atom stereocenters. The van der Waals surface area contributed by atoms with Gasteiger partial charge < -0.3 is 20.4 Å². The highest BCUT2D eigenvalue weighted by Gasteiger charge is 2.24. The fourth-order valence-electron chi connectivity index (χ4n) is 6.40. The zero-order valence-corrected chi connectivity index (χ0v) is 21.4. The van der Waals surface area contributed by atoms with Crippen LogP contribution in [0.3, 0.4) is 0 Å². The maximum atomic E-state index is 11.2. The topological polar surface area (TPSA) is 80.9 Å². The van der Waals surface area contributed by atoms with Crippen molar-refractivity contribution in [2.45, 2.75) is 89.9 Å². The Morgan fingerprint density at radius 3 is 1.58 bits per heavy atom. The molecule has 0 aliphatic heterocycles. The molecule has 0 heterocycles. The molecule has 4 N–H and O–H groups in total. The molecule has 2 aliphatic carbocycles. The lowest BCUT2D eigenvalue weighted by Crippen LogP contribution is -2.05. The highest BCUT2D eigenvalue weighted by Crippen LogP contribution is 2.48. The third kappa shape index (κ3) is 4.54. The molecule has 3 aromatic rings. The van der Waals surface area contributed by atoms with Gasteiger partial charge in [0.1, 0.15) is 11.5 Å². The molecule has 4 nitrogen and oxygen atoms in total. The van der Waals surface area contributed by atoms with E-state index in [1.54, 1.807) is 18.2 Å². The molecule has 0 unspecified atom stereocenters. The summed E-state index contributed by atoms with van der Waals surface area (Å²) in [5.41, 5.74) is 6.02. The Morgan fingerprint density at radius 2 is 1.06 bits per heavy atom. The van der Waals surface area contributed by atoms with E-state index in [1.165, 1.54) is 12.8 Å². The number of hydrogen-bond donors (Lipinski definition) is 4. The number of phenolic OH excluding ortho intramolecular Hbond substituents is 4. The van der Waals surface area contributed by atoms with Gasteiger partial charge in [-0.25, -0.2) is 0 Å². The minimum atomic E-state index is -0.206. The summed E-state index contributed by atoms with van der Waals surface area (Å²) in [6.45, 7) is 3.81. The van der Waals surface area contributed by atoms with E-state index in [0.29, 0.717) is 34.5 Å². The minimum absolute atomic E-state index is 0.182. The van der Waals surface area contributed by atoms with Gasteiger partial charge in [-0.1, -0.05) is 38.5 Å². The van der Waals surface area contributed by atoms with Crippen molar-refractivity contribution in [3.05, 3.63) is 58.7 Å². The first-order valence-corrected chi connectivity index (χ1v) is 13.5. The van der Waals surface area contributed by atoms with Crippen molar-refractivity contribution in [1.82, 2.24) is 0 Å². The first-order valence-electron chi connectivity index (χ1n) is 13.5. The quantitative estimate of drug-likeness (QED) is 0.280. The van der Waals surface area contributed by atoms with E-state index >= 15 is 0 Å². The zero-order chi connectivity index (χ0) is 25.4.